The van der Waals surface area contributed by atoms with Gasteiger partial charge in [0.2, 0.25) is 0 Å². The SMILES string of the molecule is Cc1nsc(Nc2cccc(Cl)c2Cl)c1C(=O)O. The number of nitrogens with zero attached hydrogens (tertiary/aromatic N) is 1. The van der Waals surface area contributed by atoms with Crippen LogP contribution < -0.4 is 5.32 Å². The molecule has 2 N–H and O–H groups in total. The second-order valence-electron chi connectivity index (χ2n) is 3.50. The van der Waals surface area contributed by atoms with E-state index in [0.29, 0.717) is 26.4 Å². The van der Waals surface area contributed by atoms with Gasteiger partial charge in [0, 0.05) is 0 Å². The molecule has 4 nitrogen and oxygen atoms in total. The van der Waals surface area contributed by atoms with Crippen molar-refractivity contribution in [3.8, 4) is 0 Å². The Balaban J connectivity index is 2.41. The summed E-state index contributed by atoms with van der Waals surface area (Å²) in [6.07, 6.45) is 0. The van der Waals surface area contributed by atoms with Crippen LogP contribution in [-0.2, 0) is 0 Å². The number of benzene rings is 1. The fraction of sp³-hybridized carbons (Fsp3) is 0.0909. The third-order valence-corrected chi connectivity index (χ3v) is 3.95. The standard InChI is InChI=1S/C11H8Cl2N2O2S/c1-5-8(11(16)17)10(18-15-5)14-7-4-2-3-6(12)9(7)13/h2-4,14H,1H3,(H,16,17). The molecule has 0 bridgehead atoms. The molecule has 2 aromatic rings. The maximum atomic E-state index is 11.1. The number of anilines is 2. The predicted octanol–water partition coefficient (Wildman–Crippen LogP) is 4.20. The molecule has 0 saturated heterocycles. The van der Waals surface area contributed by atoms with E-state index in [2.05, 4.69) is 9.69 Å². The van der Waals surface area contributed by atoms with Crippen molar-refractivity contribution in [2.45, 2.75) is 6.92 Å². The van der Waals surface area contributed by atoms with Crippen LogP contribution in [0, 0.1) is 6.92 Å². The van der Waals surface area contributed by atoms with E-state index in [4.69, 9.17) is 28.3 Å². The maximum Gasteiger partial charge on any atom is 0.340 e. The van der Waals surface area contributed by atoms with Gasteiger partial charge in [-0.3, -0.25) is 0 Å². The Morgan fingerprint density at radius 1 is 1.44 bits per heavy atom. The molecule has 0 spiro atoms. The minimum Gasteiger partial charge on any atom is -0.478 e. The van der Waals surface area contributed by atoms with Crippen molar-refractivity contribution in [2.24, 2.45) is 0 Å². The van der Waals surface area contributed by atoms with Crippen LogP contribution in [-0.4, -0.2) is 15.4 Å². The third-order valence-electron chi connectivity index (χ3n) is 2.28. The quantitative estimate of drug-likeness (QED) is 0.892. The van der Waals surface area contributed by atoms with Crippen molar-refractivity contribution < 1.29 is 9.90 Å². The van der Waals surface area contributed by atoms with Crippen molar-refractivity contribution in [1.29, 1.82) is 0 Å². The zero-order valence-electron chi connectivity index (χ0n) is 9.20. The molecule has 1 aromatic heterocycles. The normalized spacial score (nSPS) is 10.4. The van der Waals surface area contributed by atoms with Gasteiger partial charge in [-0.15, -0.1) is 0 Å². The van der Waals surface area contributed by atoms with Gasteiger partial charge in [0.25, 0.3) is 0 Å². The van der Waals surface area contributed by atoms with Gasteiger partial charge in [-0.1, -0.05) is 29.3 Å². The minimum absolute atomic E-state index is 0.149. The van der Waals surface area contributed by atoms with Gasteiger partial charge in [0.05, 0.1) is 21.4 Å². The Hall–Kier alpha value is -1.30. The van der Waals surface area contributed by atoms with Gasteiger partial charge in [-0.2, -0.15) is 4.37 Å². The molecule has 7 heteroatoms. The van der Waals surface area contributed by atoms with Gasteiger partial charge in [0.1, 0.15) is 10.6 Å². The van der Waals surface area contributed by atoms with E-state index in [1.54, 1.807) is 25.1 Å². The van der Waals surface area contributed by atoms with Crippen LogP contribution in [0.4, 0.5) is 10.7 Å². The second-order valence-corrected chi connectivity index (χ2v) is 5.06. The Kier molecular flexibility index (Phi) is 3.75. The van der Waals surface area contributed by atoms with Crippen molar-refractivity contribution in [1.82, 2.24) is 4.37 Å². The average Bonchev–Trinajstić information content (AvgIpc) is 2.66. The highest BCUT2D eigenvalue weighted by molar-refractivity contribution is 7.10. The van der Waals surface area contributed by atoms with Gasteiger partial charge >= 0.3 is 5.97 Å². The third kappa shape index (κ3) is 2.43. The summed E-state index contributed by atoms with van der Waals surface area (Å²) < 4.78 is 4.01. The van der Waals surface area contributed by atoms with E-state index in [1.807, 2.05) is 0 Å². The largest absolute Gasteiger partial charge is 0.478 e. The number of aromatic nitrogens is 1. The summed E-state index contributed by atoms with van der Waals surface area (Å²) >= 11 is 13.0. The first-order chi connectivity index (χ1) is 8.50. The summed E-state index contributed by atoms with van der Waals surface area (Å²) in [6.45, 7) is 1.64. The number of carboxylic acid groups (broad SMARTS) is 1. The number of nitrogens with one attached hydrogen (secondary N) is 1. The number of aryl methyl sites for hydroxylation is 1. The molecule has 0 amide bonds. The van der Waals surface area contributed by atoms with E-state index in [9.17, 15) is 4.79 Å². The number of carboxylic acids is 1. The van der Waals surface area contributed by atoms with E-state index in [0.717, 1.165) is 11.5 Å². The van der Waals surface area contributed by atoms with Crippen LogP contribution in [0.15, 0.2) is 18.2 Å². The molecule has 0 aliphatic rings. The van der Waals surface area contributed by atoms with Crippen LogP contribution in [0.5, 0.6) is 0 Å². The predicted molar refractivity (Wildman–Crippen MR) is 73.6 cm³/mol. The molecule has 0 atom stereocenters. The Morgan fingerprint density at radius 2 is 2.17 bits per heavy atom. The van der Waals surface area contributed by atoms with Gasteiger partial charge in [-0.05, 0) is 30.6 Å². The number of rotatable bonds is 3. The highest BCUT2D eigenvalue weighted by atomic mass is 35.5. The summed E-state index contributed by atoms with van der Waals surface area (Å²) in [6, 6.07) is 5.10. The molecular formula is C11H8Cl2N2O2S. The molecule has 18 heavy (non-hydrogen) atoms. The number of hydrogen-bond acceptors (Lipinski definition) is 4. The summed E-state index contributed by atoms with van der Waals surface area (Å²) in [5, 5.41) is 13.2. The molecule has 94 valence electrons. The van der Waals surface area contributed by atoms with Gasteiger partial charge in [0.15, 0.2) is 0 Å². The van der Waals surface area contributed by atoms with Crippen LogP contribution in [0.3, 0.4) is 0 Å². The van der Waals surface area contributed by atoms with Crippen LogP contribution in [0.2, 0.25) is 10.0 Å². The second kappa shape index (κ2) is 5.14. The zero-order chi connectivity index (χ0) is 13.3. The fourth-order valence-electron chi connectivity index (χ4n) is 1.43. The van der Waals surface area contributed by atoms with E-state index < -0.39 is 5.97 Å². The highest BCUT2D eigenvalue weighted by Crippen LogP contribution is 2.34. The lowest BCUT2D eigenvalue weighted by molar-refractivity contribution is 0.0697. The Labute approximate surface area is 117 Å². The Morgan fingerprint density at radius 3 is 2.83 bits per heavy atom. The minimum atomic E-state index is -1.03. The lowest BCUT2D eigenvalue weighted by Gasteiger charge is -2.07. The number of aromatic carboxylic acids is 1. The zero-order valence-corrected chi connectivity index (χ0v) is 11.5. The average molecular weight is 303 g/mol. The molecule has 0 saturated carbocycles. The molecule has 2 rings (SSSR count). The fourth-order valence-corrected chi connectivity index (χ4v) is 2.58. The van der Waals surface area contributed by atoms with E-state index >= 15 is 0 Å². The topological polar surface area (TPSA) is 62.2 Å². The van der Waals surface area contributed by atoms with Crippen LogP contribution in [0.25, 0.3) is 0 Å². The molecule has 0 radical (unpaired) electrons. The smallest absolute Gasteiger partial charge is 0.340 e. The van der Waals surface area contributed by atoms with E-state index in [-0.39, 0.29) is 5.56 Å². The number of carbonyl (C=O) groups is 1. The first kappa shape index (κ1) is 13.1. The summed E-state index contributed by atoms with van der Waals surface area (Å²) in [4.78, 5) is 11.1. The molecular weight excluding hydrogens is 295 g/mol. The first-order valence-electron chi connectivity index (χ1n) is 4.91. The monoisotopic (exact) mass is 302 g/mol. The van der Waals surface area contributed by atoms with Gasteiger partial charge < -0.3 is 10.4 Å². The van der Waals surface area contributed by atoms with Gasteiger partial charge in [-0.25, -0.2) is 4.79 Å². The van der Waals surface area contributed by atoms with E-state index in [1.165, 1.54) is 0 Å². The highest BCUT2D eigenvalue weighted by Gasteiger charge is 2.18. The van der Waals surface area contributed by atoms with Crippen LogP contribution in [0.1, 0.15) is 16.1 Å². The summed E-state index contributed by atoms with van der Waals surface area (Å²) in [5.41, 5.74) is 1.17. The Bertz CT molecular complexity index is 613. The molecule has 0 fully saturated rings. The van der Waals surface area contributed by atoms with Crippen molar-refractivity contribution >= 4 is 51.4 Å². The maximum absolute atomic E-state index is 11.1. The number of hydrogen-bond donors (Lipinski definition) is 2. The molecule has 0 unspecified atom stereocenters. The molecule has 0 aliphatic heterocycles. The lowest BCUT2D eigenvalue weighted by Crippen LogP contribution is -2.01. The number of halogens is 2. The van der Waals surface area contributed by atoms with Crippen molar-refractivity contribution in [3.05, 3.63) is 39.5 Å². The van der Waals surface area contributed by atoms with Crippen molar-refractivity contribution in [3.63, 3.8) is 0 Å². The molecule has 0 aliphatic carbocycles. The molecule has 1 aromatic carbocycles. The van der Waals surface area contributed by atoms with Crippen molar-refractivity contribution in [2.75, 3.05) is 5.32 Å². The first-order valence-corrected chi connectivity index (χ1v) is 6.44. The molecule has 1 heterocycles. The lowest BCUT2D eigenvalue weighted by atomic mass is 10.2. The summed E-state index contributed by atoms with van der Waals surface area (Å²) in [5.74, 6) is -1.03. The van der Waals surface area contributed by atoms with Crippen LogP contribution >= 0.6 is 34.7 Å². The summed E-state index contributed by atoms with van der Waals surface area (Å²) in [7, 11) is 0.